The molecule has 128 valence electrons. The summed E-state index contributed by atoms with van der Waals surface area (Å²) in [6, 6.07) is 10.8. The monoisotopic (exact) mass is 339 g/mol. The number of esters is 1. The Morgan fingerprint density at radius 1 is 1.08 bits per heavy atom. The van der Waals surface area contributed by atoms with E-state index in [1.165, 1.54) is 36.2 Å². The Balaban J connectivity index is 1.72. The average molecular weight is 339 g/mol. The van der Waals surface area contributed by atoms with Gasteiger partial charge in [-0.15, -0.1) is 0 Å². The number of ketones is 1. The highest BCUT2D eigenvalue weighted by Crippen LogP contribution is 2.24. The first-order chi connectivity index (χ1) is 12.0. The third kappa shape index (κ3) is 3.57. The molecule has 0 spiro atoms. The number of nitro groups is 1. The molecule has 0 saturated heterocycles. The number of non-ortho nitro benzene ring substituents is 1. The second kappa shape index (κ2) is 6.84. The SMILES string of the molecule is C[C@@H](OC(=O)c1cccc([N+](=O)[O-])c1)C(=O)c1ccc2c(c1)CCC2. The topological polar surface area (TPSA) is 86.5 Å². The zero-order valence-electron chi connectivity index (χ0n) is 13.7. The minimum Gasteiger partial charge on any atom is -0.451 e. The molecule has 0 heterocycles. The van der Waals surface area contributed by atoms with Crippen molar-refractivity contribution in [2.24, 2.45) is 0 Å². The van der Waals surface area contributed by atoms with Crippen LogP contribution in [0.15, 0.2) is 42.5 Å². The largest absolute Gasteiger partial charge is 0.451 e. The Morgan fingerprint density at radius 3 is 2.60 bits per heavy atom. The van der Waals surface area contributed by atoms with Gasteiger partial charge in [0.2, 0.25) is 5.78 Å². The molecule has 0 unspecified atom stereocenters. The van der Waals surface area contributed by atoms with Crippen molar-refractivity contribution < 1.29 is 19.2 Å². The van der Waals surface area contributed by atoms with Gasteiger partial charge in [-0.2, -0.15) is 0 Å². The first-order valence-electron chi connectivity index (χ1n) is 8.07. The molecule has 25 heavy (non-hydrogen) atoms. The molecule has 1 atom stereocenters. The Hall–Kier alpha value is -3.02. The summed E-state index contributed by atoms with van der Waals surface area (Å²) in [5.41, 5.74) is 2.79. The lowest BCUT2D eigenvalue weighted by molar-refractivity contribution is -0.384. The summed E-state index contributed by atoms with van der Waals surface area (Å²) < 4.78 is 5.20. The Bertz CT molecular complexity index is 859. The van der Waals surface area contributed by atoms with Crippen molar-refractivity contribution in [1.82, 2.24) is 0 Å². The second-order valence-corrected chi connectivity index (χ2v) is 6.06. The first kappa shape index (κ1) is 16.8. The second-order valence-electron chi connectivity index (χ2n) is 6.06. The van der Waals surface area contributed by atoms with Crippen LogP contribution in [0, 0.1) is 10.1 Å². The Kier molecular flexibility index (Phi) is 4.61. The van der Waals surface area contributed by atoms with Crippen LogP contribution in [-0.4, -0.2) is 22.8 Å². The van der Waals surface area contributed by atoms with Gasteiger partial charge >= 0.3 is 5.97 Å². The maximum atomic E-state index is 12.5. The molecule has 2 aromatic carbocycles. The summed E-state index contributed by atoms with van der Waals surface area (Å²) in [5.74, 6) is -1.04. The minimum absolute atomic E-state index is 0.0443. The van der Waals surface area contributed by atoms with Gasteiger partial charge in [-0.25, -0.2) is 4.79 Å². The van der Waals surface area contributed by atoms with Gasteiger partial charge in [0.05, 0.1) is 10.5 Å². The van der Waals surface area contributed by atoms with Crippen LogP contribution in [0.3, 0.4) is 0 Å². The summed E-state index contributed by atoms with van der Waals surface area (Å²) in [6.45, 7) is 1.50. The third-order valence-electron chi connectivity index (χ3n) is 4.33. The van der Waals surface area contributed by atoms with Gasteiger partial charge in [-0.3, -0.25) is 14.9 Å². The molecular formula is C19H17NO5. The van der Waals surface area contributed by atoms with Gasteiger partial charge in [-0.05, 0) is 49.4 Å². The molecule has 0 N–H and O–H groups in total. The number of nitrogens with zero attached hydrogens (tertiary/aromatic N) is 1. The molecule has 2 aromatic rings. The number of ether oxygens (including phenoxy) is 1. The van der Waals surface area contributed by atoms with Crippen LogP contribution in [0.1, 0.15) is 45.2 Å². The van der Waals surface area contributed by atoms with E-state index >= 15 is 0 Å². The number of carbonyl (C=O) groups excluding carboxylic acids is 2. The number of fused-ring (bicyclic) bond motifs is 1. The van der Waals surface area contributed by atoms with Crippen LogP contribution in [-0.2, 0) is 17.6 Å². The molecule has 0 bridgehead atoms. The molecule has 0 radical (unpaired) electrons. The number of Topliss-reactive ketones (excluding diaryl/α,β-unsaturated/α-hetero) is 1. The first-order valence-corrected chi connectivity index (χ1v) is 8.07. The molecule has 0 aromatic heterocycles. The summed E-state index contributed by atoms with van der Waals surface area (Å²) >= 11 is 0. The molecule has 6 nitrogen and oxygen atoms in total. The van der Waals surface area contributed by atoms with E-state index < -0.39 is 17.0 Å². The van der Waals surface area contributed by atoms with Crippen LogP contribution in [0.2, 0.25) is 0 Å². The van der Waals surface area contributed by atoms with Crippen molar-refractivity contribution >= 4 is 17.4 Å². The van der Waals surface area contributed by atoms with E-state index in [0.29, 0.717) is 5.56 Å². The van der Waals surface area contributed by atoms with Crippen LogP contribution < -0.4 is 0 Å². The fourth-order valence-electron chi connectivity index (χ4n) is 2.99. The highest BCUT2D eigenvalue weighted by Gasteiger charge is 2.23. The molecule has 1 aliphatic carbocycles. The van der Waals surface area contributed by atoms with E-state index in [-0.39, 0.29) is 17.0 Å². The van der Waals surface area contributed by atoms with E-state index in [1.807, 2.05) is 12.1 Å². The van der Waals surface area contributed by atoms with Crippen LogP contribution >= 0.6 is 0 Å². The quantitative estimate of drug-likeness (QED) is 0.360. The predicted molar refractivity (Wildman–Crippen MR) is 90.8 cm³/mol. The van der Waals surface area contributed by atoms with E-state index in [4.69, 9.17) is 4.74 Å². The van der Waals surface area contributed by atoms with Crippen LogP contribution in [0.4, 0.5) is 5.69 Å². The molecule has 3 rings (SSSR count). The van der Waals surface area contributed by atoms with Crippen molar-refractivity contribution in [2.75, 3.05) is 0 Å². The number of hydrogen-bond acceptors (Lipinski definition) is 5. The summed E-state index contributed by atoms with van der Waals surface area (Å²) in [5, 5.41) is 10.8. The number of hydrogen-bond donors (Lipinski definition) is 0. The van der Waals surface area contributed by atoms with E-state index in [0.717, 1.165) is 25.3 Å². The Morgan fingerprint density at radius 2 is 1.84 bits per heavy atom. The summed E-state index contributed by atoms with van der Waals surface area (Å²) in [4.78, 5) is 34.9. The van der Waals surface area contributed by atoms with Gasteiger partial charge in [0.15, 0.2) is 6.10 Å². The van der Waals surface area contributed by atoms with Crippen molar-refractivity contribution in [1.29, 1.82) is 0 Å². The zero-order valence-corrected chi connectivity index (χ0v) is 13.7. The number of aryl methyl sites for hydroxylation is 2. The molecule has 6 heteroatoms. The highest BCUT2D eigenvalue weighted by molar-refractivity contribution is 6.01. The smallest absolute Gasteiger partial charge is 0.339 e. The van der Waals surface area contributed by atoms with Crippen molar-refractivity contribution in [3.05, 3.63) is 74.8 Å². The lowest BCUT2D eigenvalue weighted by Crippen LogP contribution is -2.24. The van der Waals surface area contributed by atoms with Gasteiger partial charge in [0, 0.05) is 17.7 Å². The minimum atomic E-state index is -0.966. The molecule has 1 aliphatic rings. The van der Waals surface area contributed by atoms with Crippen molar-refractivity contribution in [2.45, 2.75) is 32.3 Å². The molecule has 0 fully saturated rings. The molecule has 0 aliphatic heterocycles. The van der Waals surface area contributed by atoms with Crippen LogP contribution in [0.25, 0.3) is 0 Å². The zero-order chi connectivity index (χ0) is 18.0. The normalized spacial score (nSPS) is 13.8. The molecule has 0 amide bonds. The number of carbonyl (C=O) groups is 2. The predicted octanol–water partition coefficient (Wildman–Crippen LogP) is 3.51. The van der Waals surface area contributed by atoms with Crippen LogP contribution in [0.5, 0.6) is 0 Å². The van der Waals surface area contributed by atoms with Gasteiger partial charge < -0.3 is 4.74 Å². The van der Waals surface area contributed by atoms with E-state index in [2.05, 4.69) is 0 Å². The van der Waals surface area contributed by atoms with E-state index in [1.54, 1.807) is 6.07 Å². The lowest BCUT2D eigenvalue weighted by atomic mass is 10.0. The maximum absolute atomic E-state index is 12.5. The van der Waals surface area contributed by atoms with Crippen molar-refractivity contribution in [3.8, 4) is 0 Å². The average Bonchev–Trinajstić information content (AvgIpc) is 3.08. The number of benzene rings is 2. The summed E-state index contributed by atoms with van der Waals surface area (Å²) in [6.07, 6.45) is 2.11. The van der Waals surface area contributed by atoms with Gasteiger partial charge in [0.1, 0.15) is 0 Å². The third-order valence-corrected chi connectivity index (χ3v) is 4.33. The fraction of sp³-hybridized carbons (Fsp3) is 0.263. The lowest BCUT2D eigenvalue weighted by Gasteiger charge is -2.13. The highest BCUT2D eigenvalue weighted by atomic mass is 16.6. The standard InChI is InChI=1S/C19H17NO5/c1-12(18(21)15-9-8-13-4-2-5-14(13)10-15)25-19(22)16-6-3-7-17(11-16)20(23)24/h3,6-12H,2,4-5H2,1H3/t12-/m1/s1. The number of rotatable bonds is 5. The molecule has 0 saturated carbocycles. The van der Waals surface area contributed by atoms with E-state index in [9.17, 15) is 19.7 Å². The van der Waals surface area contributed by atoms with Gasteiger partial charge in [0.25, 0.3) is 5.69 Å². The number of nitro benzene ring substituents is 1. The fourth-order valence-corrected chi connectivity index (χ4v) is 2.99. The summed E-state index contributed by atoms with van der Waals surface area (Å²) in [7, 11) is 0. The van der Waals surface area contributed by atoms with Crippen molar-refractivity contribution in [3.63, 3.8) is 0 Å². The maximum Gasteiger partial charge on any atom is 0.339 e. The molecular weight excluding hydrogens is 322 g/mol. The Labute approximate surface area is 144 Å². The van der Waals surface area contributed by atoms with Gasteiger partial charge in [-0.1, -0.05) is 18.2 Å².